The highest BCUT2D eigenvalue weighted by molar-refractivity contribution is 5.89. The highest BCUT2D eigenvalue weighted by Crippen LogP contribution is 2.21. The first-order valence-electron chi connectivity index (χ1n) is 7.38. The molecule has 0 aromatic heterocycles. The van der Waals surface area contributed by atoms with Crippen molar-refractivity contribution in [3.63, 3.8) is 0 Å². The van der Waals surface area contributed by atoms with E-state index in [0.717, 1.165) is 31.4 Å². The van der Waals surface area contributed by atoms with Gasteiger partial charge in [0.15, 0.2) is 0 Å². The Morgan fingerprint density at radius 3 is 2.35 bits per heavy atom. The minimum atomic E-state index is -0.268. The standard InChI is InChI=1S/C16H24N2O2/c1-11(2)20-16(19)12-3-7-14(8-4-12)18-15-9-5-13(17)6-10-15/h3-4,7-8,11,13,15,18H,5-6,9-10,17H2,1-2H3. The van der Waals surface area contributed by atoms with E-state index in [1.54, 1.807) is 0 Å². The predicted molar refractivity (Wildman–Crippen MR) is 80.8 cm³/mol. The monoisotopic (exact) mass is 276 g/mol. The Labute approximate surface area is 120 Å². The highest BCUT2D eigenvalue weighted by Gasteiger charge is 2.18. The lowest BCUT2D eigenvalue weighted by Crippen LogP contribution is -2.32. The number of hydrogen-bond donors (Lipinski definition) is 2. The molecule has 1 aliphatic carbocycles. The molecule has 1 saturated carbocycles. The van der Waals surface area contributed by atoms with Gasteiger partial charge in [-0.1, -0.05) is 0 Å². The molecule has 3 N–H and O–H groups in total. The van der Waals surface area contributed by atoms with E-state index in [2.05, 4.69) is 5.32 Å². The molecular formula is C16H24N2O2. The fraction of sp³-hybridized carbons (Fsp3) is 0.562. The molecule has 0 spiro atoms. The predicted octanol–water partition coefficient (Wildman–Crippen LogP) is 2.93. The van der Waals surface area contributed by atoms with Crippen molar-refractivity contribution in [3.05, 3.63) is 29.8 Å². The zero-order valence-electron chi connectivity index (χ0n) is 12.3. The highest BCUT2D eigenvalue weighted by atomic mass is 16.5. The summed E-state index contributed by atoms with van der Waals surface area (Å²) in [6.07, 6.45) is 4.29. The number of benzene rings is 1. The van der Waals surface area contributed by atoms with E-state index in [4.69, 9.17) is 10.5 Å². The first-order chi connectivity index (χ1) is 9.54. The van der Waals surface area contributed by atoms with Crippen LogP contribution in [0.5, 0.6) is 0 Å². The summed E-state index contributed by atoms with van der Waals surface area (Å²) < 4.78 is 5.16. The molecule has 2 rings (SSSR count). The lowest BCUT2D eigenvalue weighted by Gasteiger charge is -2.27. The van der Waals surface area contributed by atoms with Gasteiger partial charge in [0.05, 0.1) is 11.7 Å². The Bertz CT molecular complexity index is 434. The summed E-state index contributed by atoms with van der Waals surface area (Å²) in [5.41, 5.74) is 7.54. The van der Waals surface area contributed by atoms with Crippen molar-refractivity contribution in [2.45, 2.75) is 57.7 Å². The van der Waals surface area contributed by atoms with E-state index < -0.39 is 0 Å². The fourth-order valence-electron chi connectivity index (χ4n) is 2.48. The number of esters is 1. The van der Waals surface area contributed by atoms with E-state index in [0.29, 0.717) is 17.6 Å². The average Bonchev–Trinajstić information content (AvgIpc) is 2.41. The van der Waals surface area contributed by atoms with Crippen LogP contribution in [0, 0.1) is 0 Å². The van der Waals surface area contributed by atoms with Crippen LogP contribution in [0.2, 0.25) is 0 Å². The summed E-state index contributed by atoms with van der Waals surface area (Å²) in [7, 11) is 0. The van der Waals surface area contributed by atoms with Crippen LogP contribution in [0.25, 0.3) is 0 Å². The third kappa shape index (κ3) is 4.23. The van der Waals surface area contributed by atoms with E-state index >= 15 is 0 Å². The molecule has 4 heteroatoms. The van der Waals surface area contributed by atoms with Gasteiger partial charge >= 0.3 is 5.97 Å². The van der Waals surface area contributed by atoms with Gasteiger partial charge in [-0.2, -0.15) is 0 Å². The van der Waals surface area contributed by atoms with E-state index in [9.17, 15) is 4.79 Å². The van der Waals surface area contributed by atoms with Gasteiger partial charge in [0, 0.05) is 17.8 Å². The Balaban J connectivity index is 1.90. The quantitative estimate of drug-likeness (QED) is 0.830. The maximum absolute atomic E-state index is 11.7. The number of ether oxygens (including phenoxy) is 1. The molecule has 1 aromatic rings. The normalized spacial score (nSPS) is 22.6. The molecule has 1 fully saturated rings. The number of rotatable bonds is 4. The van der Waals surface area contributed by atoms with E-state index in [1.807, 2.05) is 38.1 Å². The zero-order chi connectivity index (χ0) is 14.5. The summed E-state index contributed by atoms with van der Waals surface area (Å²) in [6.45, 7) is 3.70. The summed E-state index contributed by atoms with van der Waals surface area (Å²) in [4.78, 5) is 11.7. The van der Waals surface area contributed by atoms with Crippen LogP contribution in [0.1, 0.15) is 49.9 Å². The lowest BCUT2D eigenvalue weighted by atomic mass is 9.91. The number of carbonyl (C=O) groups excluding carboxylic acids is 1. The molecule has 0 unspecified atom stereocenters. The van der Waals surface area contributed by atoms with Crippen molar-refractivity contribution in [3.8, 4) is 0 Å². The summed E-state index contributed by atoms with van der Waals surface area (Å²) in [5.74, 6) is -0.268. The van der Waals surface area contributed by atoms with Gasteiger partial charge in [-0.15, -0.1) is 0 Å². The SMILES string of the molecule is CC(C)OC(=O)c1ccc(NC2CCC(N)CC2)cc1. The van der Waals surface area contributed by atoms with Crippen molar-refractivity contribution < 1.29 is 9.53 Å². The molecule has 20 heavy (non-hydrogen) atoms. The van der Waals surface area contributed by atoms with Crippen LogP contribution in [-0.4, -0.2) is 24.2 Å². The zero-order valence-corrected chi connectivity index (χ0v) is 12.3. The number of carbonyl (C=O) groups is 1. The second kappa shape index (κ2) is 6.75. The Kier molecular flexibility index (Phi) is 5.01. The summed E-state index contributed by atoms with van der Waals surface area (Å²) in [5, 5.41) is 3.50. The second-order valence-electron chi connectivity index (χ2n) is 5.79. The van der Waals surface area contributed by atoms with Gasteiger partial charge in [-0.05, 0) is 63.8 Å². The minimum Gasteiger partial charge on any atom is -0.459 e. The lowest BCUT2D eigenvalue weighted by molar-refractivity contribution is 0.0378. The minimum absolute atomic E-state index is 0.0910. The maximum atomic E-state index is 11.7. The van der Waals surface area contributed by atoms with Gasteiger partial charge in [0.1, 0.15) is 0 Å². The van der Waals surface area contributed by atoms with Crippen molar-refractivity contribution in [2.24, 2.45) is 5.73 Å². The molecule has 0 atom stereocenters. The topological polar surface area (TPSA) is 64.3 Å². The first kappa shape index (κ1) is 14.9. The Morgan fingerprint density at radius 2 is 1.80 bits per heavy atom. The molecule has 4 nitrogen and oxygen atoms in total. The van der Waals surface area contributed by atoms with E-state index in [-0.39, 0.29) is 12.1 Å². The molecule has 0 heterocycles. The van der Waals surface area contributed by atoms with Crippen LogP contribution in [0.4, 0.5) is 5.69 Å². The van der Waals surface area contributed by atoms with Crippen LogP contribution >= 0.6 is 0 Å². The van der Waals surface area contributed by atoms with Crippen LogP contribution < -0.4 is 11.1 Å². The number of hydrogen-bond acceptors (Lipinski definition) is 4. The number of nitrogens with one attached hydrogen (secondary N) is 1. The molecule has 0 saturated heterocycles. The van der Waals surface area contributed by atoms with Crippen molar-refractivity contribution in [1.29, 1.82) is 0 Å². The Morgan fingerprint density at radius 1 is 1.20 bits per heavy atom. The molecule has 0 radical (unpaired) electrons. The molecule has 0 aliphatic heterocycles. The van der Waals surface area contributed by atoms with Crippen molar-refractivity contribution in [1.82, 2.24) is 0 Å². The molecule has 0 amide bonds. The first-order valence-corrected chi connectivity index (χ1v) is 7.38. The fourth-order valence-corrected chi connectivity index (χ4v) is 2.48. The van der Waals surface area contributed by atoms with Gasteiger partial charge in [-0.3, -0.25) is 0 Å². The molecule has 1 aliphatic rings. The van der Waals surface area contributed by atoms with Crippen LogP contribution in [0.3, 0.4) is 0 Å². The van der Waals surface area contributed by atoms with Gasteiger partial charge < -0.3 is 15.8 Å². The third-order valence-electron chi connectivity index (χ3n) is 3.61. The van der Waals surface area contributed by atoms with E-state index in [1.165, 1.54) is 0 Å². The second-order valence-corrected chi connectivity index (χ2v) is 5.79. The Hall–Kier alpha value is -1.55. The average molecular weight is 276 g/mol. The summed E-state index contributed by atoms with van der Waals surface area (Å²) >= 11 is 0. The summed E-state index contributed by atoms with van der Waals surface area (Å²) in [6, 6.07) is 8.34. The third-order valence-corrected chi connectivity index (χ3v) is 3.61. The number of nitrogens with two attached hydrogens (primary N) is 1. The van der Waals surface area contributed by atoms with Gasteiger partial charge in [-0.25, -0.2) is 4.79 Å². The largest absolute Gasteiger partial charge is 0.459 e. The number of anilines is 1. The molecule has 0 bridgehead atoms. The van der Waals surface area contributed by atoms with Gasteiger partial charge in [0.2, 0.25) is 0 Å². The van der Waals surface area contributed by atoms with Crippen LogP contribution in [-0.2, 0) is 4.74 Å². The van der Waals surface area contributed by atoms with Gasteiger partial charge in [0.25, 0.3) is 0 Å². The van der Waals surface area contributed by atoms with Crippen molar-refractivity contribution in [2.75, 3.05) is 5.32 Å². The molecule has 110 valence electrons. The maximum Gasteiger partial charge on any atom is 0.338 e. The molecular weight excluding hydrogens is 252 g/mol. The van der Waals surface area contributed by atoms with Crippen molar-refractivity contribution >= 4 is 11.7 Å². The molecule has 1 aromatic carbocycles. The van der Waals surface area contributed by atoms with Crippen LogP contribution in [0.15, 0.2) is 24.3 Å². The smallest absolute Gasteiger partial charge is 0.338 e.